The van der Waals surface area contributed by atoms with Crippen molar-refractivity contribution in [2.24, 2.45) is 0 Å². The molecule has 0 bridgehead atoms. The summed E-state index contributed by atoms with van der Waals surface area (Å²) in [7, 11) is 0. The molecule has 15 heavy (non-hydrogen) atoms. The molecule has 0 saturated carbocycles. The van der Waals surface area contributed by atoms with Crippen molar-refractivity contribution in [2.45, 2.75) is 33.3 Å². The molecule has 0 spiro atoms. The third-order valence-electron chi connectivity index (χ3n) is 1.63. The second-order valence-electron chi connectivity index (χ2n) is 2.76. The minimum Gasteiger partial charge on any atom is -0.464 e. The monoisotopic (exact) mass is 218 g/mol. The molecule has 0 aliphatic rings. The molecule has 0 fully saturated rings. The Morgan fingerprint density at radius 2 is 1.67 bits per heavy atom. The predicted octanol–water partition coefficient (Wildman–Crippen LogP) is 0.908. The predicted molar refractivity (Wildman–Crippen MR) is 53.3 cm³/mol. The molecule has 0 radical (unpaired) electrons. The molecule has 0 aromatic carbocycles. The molecule has 0 aliphatic heterocycles. The lowest BCUT2D eigenvalue weighted by Gasteiger charge is -2.13. The van der Waals surface area contributed by atoms with Gasteiger partial charge in [0, 0.05) is 0 Å². The number of carbonyl (C=O) groups excluding carboxylic acids is 2. The van der Waals surface area contributed by atoms with E-state index in [-0.39, 0.29) is 6.61 Å². The number of hydrogen-bond donors (Lipinski definition) is 0. The quantitative estimate of drug-likeness (QED) is 0.594. The summed E-state index contributed by atoms with van der Waals surface area (Å²) < 4.78 is 14.5. The van der Waals surface area contributed by atoms with E-state index in [1.54, 1.807) is 20.8 Å². The summed E-state index contributed by atoms with van der Waals surface area (Å²) in [5, 5.41) is 0. The lowest BCUT2D eigenvalue weighted by molar-refractivity contribution is -0.163. The molecule has 1 atom stereocenters. The van der Waals surface area contributed by atoms with Gasteiger partial charge in [0.05, 0.1) is 13.2 Å². The van der Waals surface area contributed by atoms with Gasteiger partial charge in [0.2, 0.25) is 0 Å². The van der Waals surface area contributed by atoms with E-state index >= 15 is 0 Å². The maximum absolute atomic E-state index is 11.2. The van der Waals surface area contributed by atoms with Crippen LogP contribution in [-0.4, -0.2) is 37.9 Å². The van der Waals surface area contributed by atoms with Crippen LogP contribution in [0.3, 0.4) is 0 Å². The van der Waals surface area contributed by atoms with Crippen LogP contribution in [0, 0.1) is 0 Å². The van der Waals surface area contributed by atoms with Crippen molar-refractivity contribution in [1.29, 1.82) is 0 Å². The van der Waals surface area contributed by atoms with Gasteiger partial charge in [0.15, 0.2) is 6.10 Å². The van der Waals surface area contributed by atoms with Crippen molar-refractivity contribution in [3.05, 3.63) is 0 Å². The van der Waals surface area contributed by atoms with Crippen LogP contribution >= 0.6 is 0 Å². The smallest absolute Gasteiger partial charge is 0.335 e. The molecule has 1 unspecified atom stereocenters. The Balaban J connectivity index is 3.89. The fourth-order valence-corrected chi connectivity index (χ4v) is 0.959. The van der Waals surface area contributed by atoms with E-state index in [1.165, 1.54) is 0 Å². The fourth-order valence-electron chi connectivity index (χ4n) is 0.959. The van der Waals surface area contributed by atoms with E-state index in [0.717, 1.165) is 0 Å². The summed E-state index contributed by atoms with van der Waals surface area (Å²) >= 11 is 0. The van der Waals surface area contributed by atoms with Crippen LogP contribution in [-0.2, 0) is 23.8 Å². The van der Waals surface area contributed by atoms with Gasteiger partial charge in [0.1, 0.15) is 6.61 Å². The topological polar surface area (TPSA) is 61.8 Å². The summed E-state index contributed by atoms with van der Waals surface area (Å²) in [4.78, 5) is 22.2. The van der Waals surface area contributed by atoms with E-state index < -0.39 is 18.0 Å². The third kappa shape index (κ3) is 6.06. The molecule has 0 aromatic rings. The van der Waals surface area contributed by atoms with Crippen LogP contribution in [0.1, 0.15) is 27.2 Å². The van der Waals surface area contributed by atoms with E-state index in [9.17, 15) is 9.59 Å². The second-order valence-corrected chi connectivity index (χ2v) is 2.76. The van der Waals surface area contributed by atoms with Gasteiger partial charge in [-0.3, -0.25) is 0 Å². The molecule has 5 nitrogen and oxygen atoms in total. The maximum Gasteiger partial charge on any atom is 0.335 e. The Morgan fingerprint density at radius 3 is 2.13 bits per heavy atom. The molecular formula is C10H18O5. The zero-order valence-electron chi connectivity index (χ0n) is 9.45. The molecule has 0 rings (SSSR count). The highest BCUT2D eigenvalue weighted by molar-refractivity contribution is 5.75. The van der Waals surface area contributed by atoms with Crippen molar-refractivity contribution in [1.82, 2.24) is 0 Å². The van der Waals surface area contributed by atoms with Crippen LogP contribution in [0.4, 0.5) is 0 Å². The molecule has 5 heteroatoms. The van der Waals surface area contributed by atoms with E-state index in [2.05, 4.69) is 4.74 Å². The van der Waals surface area contributed by atoms with Gasteiger partial charge >= 0.3 is 11.9 Å². The van der Waals surface area contributed by atoms with Gasteiger partial charge in [-0.1, -0.05) is 6.92 Å². The highest BCUT2D eigenvalue weighted by Gasteiger charge is 2.19. The lowest BCUT2D eigenvalue weighted by atomic mass is 10.3. The van der Waals surface area contributed by atoms with E-state index in [0.29, 0.717) is 19.6 Å². The third-order valence-corrected chi connectivity index (χ3v) is 1.63. The van der Waals surface area contributed by atoms with Gasteiger partial charge in [-0.2, -0.15) is 0 Å². The standard InChI is InChI=1S/C10H18O5/c1-4-8(10(12)14-6-3)15-7-9(11)13-5-2/h8H,4-7H2,1-3H3. The van der Waals surface area contributed by atoms with Gasteiger partial charge in [-0.05, 0) is 20.3 Å². The first-order valence-corrected chi connectivity index (χ1v) is 5.09. The number of esters is 2. The average Bonchev–Trinajstić information content (AvgIpc) is 2.19. The lowest BCUT2D eigenvalue weighted by Crippen LogP contribution is -2.28. The highest BCUT2D eigenvalue weighted by Crippen LogP contribution is 2.01. The minimum absolute atomic E-state index is 0.217. The molecule has 0 N–H and O–H groups in total. The van der Waals surface area contributed by atoms with Gasteiger partial charge in [0.25, 0.3) is 0 Å². The van der Waals surface area contributed by atoms with Crippen LogP contribution in [0.5, 0.6) is 0 Å². The van der Waals surface area contributed by atoms with Crippen molar-refractivity contribution in [3.63, 3.8) is 0 Å². The van der Waals surface area contributed by atoms with Crippen LogP contribution < -0.4 is 0 Å². The van der Waals surface area contributed by atoms with Gasteiger partial charge in [-0.15, -0.1) is 0 Å². The van der Waals surface area contributed by atoms with Gasteiger partial charge in [-0.25, -0.2) is 9.59 Å². The van der Waals surface area contributed by atoms with E-state index in [4.69, 9.17) is 9.47 Å². The summed E-state index contributed by atoms with van der Waals surface area (Å²) in [5.41, 5.74) is 0. The van der Waals surface area contributed by atoms with Crippen LogP contribution in [0.15, 0.2) is 0 Å². The number of carbonyl (C=O) groups is 2. The van der Waals surface area contributed by atoms with Crippen LogP contribution in [0.25, 0.3) is 0 Å². The maximum atomic E-state index is 11.2. The first kappa shape index (κ1) is 13.9. The Kier molecular flexibility index (Phi) is 7.62. The molecular weight excluding hydrogens is 200 g/mol. The first-order valence-electron chi connectivity index (χ1n) is 5.09. The number of rotatable bonds is 7. The van der Waals surface area contributed by atoms with Crippen molar-refractivity contribution in [3.8, 4) is 0 Å². The van der Waals surface area contributed by atoms with Crippen molar-refractivity contribution >= 4 is 11.9 Å². The largest absolute Gasteiger partial charge is 0.464 e. The summed E-state index contributed by atoms with van der Waals surface area (Å²) in [6, 6.07) is 0. The molecule has 0 amide bonds. The highest BCUT2D eigenvalue weighted by atomic mass is 16.6. The number of hydrogen-bond acceptors (Lipinski definition) is 5. The number of ether oxygens (including phenoxy) is 3. The Morgan fingerprint density at radius 1 is 1.07 bits per heavy atom. The average molecular weight is 218 g/mol. The first-order chi connectivity index (χ1) is 7.15. The summed E-state index contributed by atoms with van der Waals surface area (Å²) in [6.45, 7) is 5.60. The SMILES string of the molecule is CCOC(=O)COC(CC)C(=O)OCC. The summed E-state index contributed by atoms with van der Waals surface area (Å²) in [5.74, 6) is -0.912. The molecule has 0 aliphatic carbocycles. The van der Waals surface area contributed by atoms with Crippen LogP contribution in [0.2, 0.25) is 0 Å². The molecule has 0 heterocycles. The summed E-state index contributed by atoms with van der Waals surface area (Å²) in [6.07, 6.45) is -0.215. The zero-order chi connectivity index (χ0) is 11.7. The molecule has 0 saturated heterocycles. The van der Waals surface area contributed by atoms with E-state index in [1.807, 2.05) is 0 Å². The van der Waals surface area contributed by atoms with Crippen molar-refractivity contribution < 1.29 is 23.8 Å². The van der Waals surface area contributed by atoms with Gasteiger partial charge < -0.3 is 14.2 Å². The fraction of sp³-hybridized carbons (Fsp3) is 0.800. The Labute approximate surface area is 89.7 Å². The molecule has 88 valence electrons. The second kappa shape index (κ2) is 8.23. The van der Waals surface area contributed by atoms with Crippen molar-refractivity contribution in [2.75, 3.05) is 19.8 Å². The minimum atomic E-state index is -0.686. The Bertz CT molecular complexity index is 202. The Hall–Kier alpha value is -1.10. The molecule has 0 aromatic heterocycles. The zero-order valence-corrected chi connectivity index (χ0v) is 9.45. The normalized spacial score (nSPS) is 11.9.